The van der Waals surface area contributed by atoms with Gasteiger partial charge >= 0.3 is 7.12 Å². The molecular weight excluding hydrogens is 497 g/mol. The summed E-state index contributed by atoms with van der Waals surface area (Å²) in [5.74, 6) is -2.99. The molecule has 0 saturated heterocycles. The molecular formula is C24H44BN5O6S. The number of hydrogen-bond acceptors (Lipinski definition) is 7. The van der Waals surface area contributed by atoms with Crippen molar-refractivity contribution < 1.29 is 29.2 Å². The van der Waals surface area contributed by atoms with Crippen LogP contribution in [0.2, 0.25) is 0 Å². The van der Waals surface area contributed by atoms with Gasteiger partial charge in [0.2, 0.25) is 17.7 Å². The van der Waals surface area contributed by atoms with E-state index in [0.717, 1.165) is 0 Å². The van der Waals surface area contributed by atoms with Gasteiger partial charge in [-0.2, -0.15) is 16.6 Å². The maximum atomic E-state index is 13.0. The monoisotopic (exact) mass is 541 g/mol. The fourth-order valence-corrected chi connectivity index (χ4v) is 3.98. The summed E-state index contributed by atoms with van der Waals surface area (Å²) in [5.41, 5.74) is 0. The molecule has 0 aliphatic rings. The molecule has 0 spiro atoms. The van der Waals surface area contributed by atoms with Crippen molar-refractivity contribution in [3.63, 3.8) is 0 Å². The van der Waals surface area contributed by atoms with E-state index in [2.05, 4.69) is 21.3 Å². The van der Waals surface area contributed by atoms with Crippen LogP contribution in [0, 0.1) is 23.2 Å². The summed E-state index contributed by atoms with van der Waals surface area (Å²) < 4.78 is 0. The van der Waals surface area contributed by atoms with Crippen molar-refractivity contribution in [2.75, 3.05) is 6.54 Å². The molecule has 210 valence electrons. The van der Waals surface area contributed by atoms with Gasteiger partial charge in [-0.05, 0) is 43.8 Å². The Morgan fingerprint density at radius 1 is 0.892 bits per heavy atom. The Hall–Kier alpha value is -2.43. The first-order valence-corrected chi connectivity index (χ1v) is 13.7. The minimum absolute atomic E-state index is 0.0835. The summed E-state index contributed by atoms with van der Waals surface area (Å²) in [6, 6.07) is 0.0558. The number of rotatable bonds is 16. The SMILES string of the molecule is CC(C)C[C@H](NC(=O)[C@H](CCCCNC(=O)/C(C#N)=[SH]/C(C)C)NC(=O)[C@H](C)NC(=O)C(C)C)B(O)O. The second kappa shape index (κ2) is 17.9. The van der Waals surface area contributed by atoms with Crippen LogP contribution in [0.15, 0.2) is 0 Å². The summed E-state index contributed by atoms with van der Waals surface area (Å²) in [6.07, 6.45) is 1.48. The lowest BCUT2D eigenvalue weighted by Gasteiger charge is -2.25. The van der Waals surface area contributed by atoms with Crippen LogP contribution in [0.3, 0.4) is 0 Å². The normalized spacial score (nSPS) is 14.2. The lowest BCUT2D eigenvalue weighted by atomic mass is 9.75. The van der Waals surface area contributed by atoms with E-state index >= 15 is 0 Å². The molecule has 0 rings (SSSR count). The highest BCUT2D eigenvalue weighted by atomic mass is 32.1. The van der Waals surface area contributed by atoms with Gasteiger partial charge in [0.05, 0.1) is 5.94 Å². The molecule has 3 atom stereocenters. The highest BCUT2D eigenvalue weighted by molar-refractivity contribution is 8.00. The summed E-state index contributed by atoms with van der Waals surface area (Å²) >= 11 is 0.650. The molecule has 0 aromatic rings. The number of nitrogens with zero attached hydrogens (tertiary/aromatic N) is 1. The van der Waals surface area contributed by atoms with Crippen molar-refractivity contribution in [1.82, 2.24) is 21.3 Å². The van der Waals surface area contributed by atoms with Crippen LogP contribution >= 0.6 is 11.4 Å². The average Bonchev–Trinajstić information content (AvgIpc) is 2.79. The first-order chi connectivity index (χ1) is 17.2. The van der Waals surface area contributed by atoms with Crippen LogP contribution in [0.1, 0.15) is 74.1 Å². The summed E-state index contributed by atoms with van der Waals surface area (Å²) in [5, 5.41) is 39.2. The molecule has 11 nitrogen and oxygen atoms in total. The molecule has 0 radical (unpaired) electrons. The molecule has 4 amide bonds. The van der Waals surface area contributed by atoms with E-state index in [1.165, 1.54) is 6.92 Å². The van der Waals surface area contributed by atoms with Gasteiger partial charge in [-0.3, -0.25) is 19.2 Å². The van der Waals surface area contributed by atoms with Gasteiger partial charge in [-0.1, -0.05) is 41.5 Å². The Morgan fingerprint density at radius 2 is 1.51 bits per heavy atom. The fraction of sp³-hybridized carbons (Fsp3) is 0.750. The maximum Gasteiger partial charge on any atom is 0.475 e. The maximum absolute atomic E-state index is 13.0. The van der Waals surface area contributed by atoms with Crippen molar-refractivity contribution in [3.8, 4) is 6.07 Å². The van der Waals surface area contributed by atoms with Crippen LogP contribution in [-0.4, -0.2) is 75.5 Å². The van der Waals surface area contributed by atoms with Crippen molar-refractivity contribution in [2.24, 2.45) is 11.8 Å². The van der Waals surface area contributed by atoms with E-state index in [9.17, 15) is 29.2 Å². The third-order valence-corrected chi connectivity index (χ3v) is 6.31. The van der Waals surface area contributed by atoms with Crippen molar-refractivity contribution in [1.29, 1.82) is 5.26 Å². The van der Waals surface area contributed by atoms with Gasteiger partial charge in [0.25, 0.3) is 5.91 Å². The molecule has 6 N–H and O–H groups in total. The molecule has 0 unspecified atom stereocenters. The third-order valence-electron chi connectivity index (χ3n) is 5.24. The zero-order valence-corrected chi connectivity index (χ0v) is 23.9. The van der Waals surface area contributed by atoms with E-state index in [0.29, 0.717) is 30.6 Å². The lowest BCUT2D eigenvalue weighted by molar-refractivity contribution is -0.132. The Bertz CT molecular complexity index is 844. The Morgan fingerprint density at radius 3 is 2.00 bits per heavy atom. The third kappa shape index (κ3) is 14.8. The highest BCUT2D eigenvalue weighted by Gasteiger charge is 2.30. The number of nitrogens with one attached hydrogen (secondary N) is 4. The van der Waals surface area contributed by atoms with Gasteiger partial charge in [-0.15, -0.1) is 0 Å². The molecule has 0 bridgehead atoms. The molecule has 13 heteroatoms. The van der Waals surface area contributed by atoms with Gasteiger partial charge in [0.1, 0.15) is 23.0 Å². The first-order valence-electron chi connectivity index (χ1n) is 12.7. The number of carbonyl (C=O) groups excluding carboxylic acids is 4. The highest BCUT2D eigenvalue weighted by Crippen LogP contribution is 2.08. The number of carbonyl (C=O) groups is 4. The van der Waals surface area contributed by atoms with E-state index < -0.39 is 42.9 Å². The van der Waals surface area contributed by atoms with E-state index in [-0.39, 0.29) is 40.8 Å². The van der Waals surface area contributed by atoms with Gasteiger partial charge in [-0.25, -0.2) is 0 Å². The largest absolute Gasteiger partial charge is 0.475 e. The van der Waals surface area contributed by atoms with Crippen LogP contribution in [0.25, 0.3) is 0 Å². The predicted molar refractivity (Wildman–Crippen MR) is 148 cm³/mol. The van der Waals surface area contributed by atoms with E-state index in [1.807, 2.05) is 33.8 Å². The van der Waals surface area contributed by atoms with Gasteiger partial charge in [0.15, 0.2) is 0 Å². The number of nitriles is 1. The topological polar surface area (TPSA) is 181 Å². The molecule has 0 aromatic carbocycles. The van der Waals surface area contributed by atoms with Crippen LogP contribution < -0.4 is 21.3 Å². The van der Waals surface area contributed by atoms with Crippen LogP contribution in [0.5, 0.6) is 0 Å². The Balaban J connectivity index is 5.23. The summed E-state index contributed by atoms with van der Waals surface area (Å²) in [6.45, 7) is 12.8. The number of thiol groups is 1. The summed E-state index contributed by atoms with van der Waals surface area (Å²) in [7, 11) is -1.77. The Labute approximate surface area is 224 Å². The predicted octanol–water partition coefficient (Wildman–Crippen LogP) is 0.0312. The quantitative estimate of drug-likeness (QED) is 0.0623. The smallest absolute Gasteiger partial charge is 0.426 e. The van der Waals surface area contributed by atoms with Gasteiger partial charge < -0.3 is 31.3 Å². The van der Waals surface area contributed by atoms with Crippen LogP contribution in [-0.2, 0) is 19.2 Å². The average molecular weight is 542 g/mol. The van der Waals surface area contributed by atoms with E-state index in [4.69, 9.17) is 5.26 Å². The number of hydrogen-bond donors (Lipinski definition) is 7. The molecule has 37 heavy (non-hydrogen) atoms. The van der Waals surface area contributed by atoms with Crippen molar-refractivity contribution in [3.05, 3.63) is 0 Å². The zero-order valence-electron chi connectivity index (χ0n) is 23.0. The molecule has 0 aromatic heterocycles. The van der Waals surface area contributed by atoms with Crippen molar-refractivity contribution in [2.45, 2.75) is 97.4 Å². The molecule has 0 saturated carbocycles. The molecule has 0 aliphatic heterocycles. The second-order valence-corrected chi connectivity index (χ2v) is 11.8. The molecule has 0 aliphatic carbocycles. The van der Waals surface area contributed by atoms with Crippen molar-refractivity contribution >= 4 is 47.0 Å². The standard InChI is InChI=1S/C24H44BN5O6S/c1-14(2)12-20(25(35)36)30-23(33)18(29-22(32)17(7)28-21(31)15(3)4)10-8-9-11-27-24(34)19(13-26)37-16(5)6/h14-18,20,35-37H,8-12H2,1-7H3,(H,27,34)(H,28,31)(H,29,32)(H,30,33)/t17-,18-,20-/m0/s1. The van der Waals surface area contributed by atoms with Crippen LogP contribution in [0.4, 0.5) is 0 Å². The Kier molecular flexibility index (Phi) is 16.8. The zero-order chi connectivity index (χ0) is 28.7. The second-order valence-electron chi connectivity index (χ2n) is 10.0. The number of unbranched alkanes of at least 4 members (excludes halogenated alkanes) is 1. The minimum atomic E-state index is -1.77. The van der Waals surface area contributed by atoms with E-state index in [1.54, 1.807) is 13.8 Å². The molecule has 0 heterocycles. The lowest BCUT2D eigenvalue weighted by Crippen LogP contribution is -2.56. The van der Waals surface area contributed by atoms with Gasteiger partial charge in [0, 0.05) is 12.5 Å². The number of amides is 4. The first kappa shape index (κ1) is 34.6. The minimum Gasteiger partial charge on any atom is -0.426 e. The summed E-state index contributed by atoms with van der Waals surface area (Å²) in [4.78, 5) is 49.9. The molecule has 0 fully saturated rings. The fourth-order valence-electron chi connectivity index (χ4n) is 3.21.